The van der Waals surface area contributed by atoms with E-state index in [4.69, 9.17) is 4.74 Å². The molecule has 0 spiro atoms. The van der Waals surface area contributed by atoms with Crippen molar-refractivity contribution in [3.8, 4) is 17.1 Å². The van der Waals surface area contributed by atoms with Crippen molar-refractivity contribution in [2.45, 2.75) is 25.5 Å². The maximum absolute atomic E-state index is 10.1. The minimum absolute atomic E-state index is 0.523. The van der Waals surface area contributed by atoms with E-state index >= 15 is 0 Å². The molecule has 94 valence electrons. The summed E-state index contributed by atoms with van der Waals surface area (Å²) in [6, 6.07) is 7.64. The van der Waals surface area contributed by atoms with E-state index in [0.717, 1.165) is 36.4 Å². The van der Waals surface area contributed by atoms with E-state index in [1.807, 2.05) is 28.8 Å². The number of hydrogen-bond donors (Lipinski definition) is 1. The number of aryl methyl sites for hydroxylation is 1. The minimum atomic E-state index is -0.523. The van der Waals surface area contributed by atoms with Gasteiger partial charge in [-0.1, -0.05) is 12.1 Å². The zero-order chi connectivity index (χ0) is 12.5. The number of ether oxygens (including phenoxy) is 1. The molecular weight excluding hydrogens is 230 g/mol. The van der Waals surface area contributed by atoms with Crippen molar-refractivity contribution in [1.29, 1.82) is 0 Å². The molecule has 1 aliphatic heterocycles. The third-order valence-electron chi connectivity index (χ3n) is 3.26. The Bertz CT molecular complexity index is 565. The van der Waals surface area contributed by atoms with Gasteiger partial charge in [0.2, 0.25) is 0 Å². The highest BCUT2D eigenvalue weighted by atomic mass is 16.5. The van der Waals surface area contributed by atoms with Gasteiger partial charge < -0.3 is 9.84 Å². The first kappa shape index (κ1) is 11.2. The molecule has 2 aromatic rings. The fourth-order valence-electron chi connectivity index (χ4n) is 2.34. The number of benzene rings is 1. The van der Waals surface area contributed by atoms with Gasteiger partial charge in [-0.05, 0) is 25.0 Å². The van der Waals surface area contributed by atoms with Gasteiger partial charge in [-0.2, -0.15) is 0 Å². The summed E-state index contributed by atoms with van der Waals surface area (Å²) < 4.78 is 7.02. The van der Waals surface area contributed by atoms with Crippen LogP contribution in [-0.4, -0.2) is 27.0 Å². The maximum atomic E-state index is 10.1. The molecule has 0 amide bonds. The van der Waals surface area contributed by atoms with Crippen LogP contribution in [0.3, 0.4) is 0 Å². The van der Waals surface area contributed by atoms with Crippen LogP contribution >= 0.6 is 0 Å². The van der Waals surface area contributed by atoms with Crippen LogP contribution in [0.4, 0.5) is 0 Å². The Morgan fingerprint density at radius 2 is 2.28 bits per heavy atom. The predicted molar refractivity (Wildman–Crippen MR) is 66.2 cm³/mol. The molecule has 1 aromatic carbocycles. The van der Waals surface area contributed by atoms with Crippen molar-refractivity contribution in [3.63, 3.8) is 0 Å². The van der Waals surface area contributed by atoms with Crippen LogP contribution in [0.2, 0.25) is 0 Å². The topological polar surface area (TPSA) is 60.2 Å². The van der Waals surface area contributed by atoms with Gasteiger partial charge in [0.1, 0.15) is 17.8 Å². The summed E-state index contributed by atoms with van der Waals surface area (Å²) in [6.45, 7) is 0. The molecule has 2 heterocycles. The summed E-state index contributed by atoms with van der Waals surface area (Å²) >= 11 is 0. The van der Waals surface area contributed by atoms with E-state index in [2.05, 4.69) is 10.2 Å². The molecule has 1 aliphatic rings. The third-order valence-corrected chi connectivity index (χ3v) is 3.26. The first-order valence-electron chi connectivity index (χ1n) is 6.06. The summed E-state index contributed by atoms with van der Waals surface area (Å²) in [6.07, 6.45) is 2.05. The number of hydrogen-bond acceptors (Lipinski definition) is 4. The van der Waals surface area contributed by atoms with Crippen molar-refractivity contribution in [2.24, 2.45) is 0 Å². The van der Waals surface area contributed by atoms with Crippen molar-refractivity contribution >= 4 is 0 Å². The van der Waals surface area contributed by atoms with Crippen molar-refractivity contribution < 1.29 is 9.84 Å². The quantitative estimate of drug-likeness (QED) is 0.876. The predicted octanol–water partition coefficient (Wildman–Crippen LogP) is 1.78. The lowest BCUT2D eigenvalue weighted by molar-refractivity contribution is 0.0796. The lowest BCUT2D eigenvalue weighted by Crippen LogP contribution is -2.18. The van der Waals surface area contributed by atoms with Crippen LogP contribution in [0, 0.1) is 0 Å². The molecule has 5 nitrogen and oxygen atoms in total. The molecule has 1 N–H and O–H groups in total. The molecule has 3 rings (SSSR count). The molecule has 5 heteroatoms. The summed E-state index contributed by atoms with van der Waals surface area (Å²) in [5.74, 6) is 2.33. The van der Waals surface area contributed by atoms with Crippen LogP contribution in [0.15, 0.2) is 24.3 Å². The average Bonchev–Trinajstić information content (AvgIpc) is 2.84. The largest absolute Gasteiger partial charge is 0.497 e. The van der Waals surface area contributed by atoms with Gasteiger partial charge in [0.25, 0.3) is 0 Å². The molecule has 1 atom stereocenters. The Morgan fingerprint density at radius 3 is 3.11 bits per heavy atom. The highest BCUT2D eigenvalue weighted by Gasteiger charge is 2.23. The molecular formula is C13H15N3O2. The zero-order valence-electron chi connectivity index (χ0n) is 10.2. The fourth-order valence-corrected chi connectivity index (χ4v) is 2.34. The molecule has 1 unspecified atom stereocenters. The summed E-state index contributed by atoms with van der Waals surface area (Å²) in [4.78, 5) is 0. The van der Waals surface area contributed by atoms with Crippen molar-refractivity contribution in [1.82, 2.24) is 14.8 Å². The number of nitrogens with zero attached hydrogens (tertiary/aromatic N) is 3. The normalized spacial score (nSPS) is 18.4. The second kappa shape index (κ2) is 4.42. The SMILES string of the molecule is COc1cccc(-c2nnc3n2C(O)CCC3)c1. The molecule has 0 bridgehead atoms. The van der Waals surface area contributed by atoms with Gasteiger partial charge in [-0.25, -0.2) is 0 Å². The number of aromatic nitrogens is 3. The Labute approximate surface area is 105 Å². The molecule has 0 saturated heterocycles. The Morgan fingerprint density at radius 1 is 1.39 bits per heavy atom. The second-order valence-electron chi connectivity index (χ2n) is 4.41. The van der Waals surface area contributed by atoms with Gasteiger partial charge in [-0.15, -0.1) is 10.2 Å². The third kappa shape index (κ3) is 1.76. The standard InChI is InChI=1S/C13H15N3O2/c1-18-10-5-2-4-9(8-10)13-15-14-11-6-3-7-12(17)16(11)13/h2,4-5,8,12,17H,3,6-7H2,1H3. The van der Waals surface area contributed by atoms with Crippen LogP contribution in [0.5, 0.6) is 5.75 Å². The van der Waals surface area contributed by atoms with Crippen LogP contribution < -0.4 is 4.74 Å². The number of aliphatic hydroxyl groups is 1. The van der Waals surface area contributed by atoms with Crippen molar-refractivity contribution in [3.05, 3.63) is 30.1 Å². The number of methoxy groups -OCH3 is 1. The zero-order valence-corrected chi connectivity index (χ0v) is 10.2. The van der Waals surface area contributed by atoms with Gasteiger partial charge in [-0.3, -0.25) is 4.57 Å². The molecule has 0 radical (unpaired) electrons. The van der Waals surface area contributed by atoms with Crippen LogP contribution in [-0.2, 0) is 6.42 Å². The van der Waals surface area contributed by atoms with E-state index in [9.17, 15) is 5.11 Å². The van der Waals surface area contributed by atoms with E-state index in [1.165, 1.54) is 0 Å². The lowest BCUT2D eigenvalue weighted by Gasteiger charge is -2.21. The molecule has 0 saturated carbocycles. The maximum Gasteiger partial charge on any atom is 0.166 e. The molecule has 1 aromatic heterocycles. The van der Waals surface area contributed by atoms with E-state index in [0.29, 0.717) is 5.82 Å². The fraction of sp³-hybridized carbons (Fsp3) is 0.385. The summed E-state index contributed by atoms with van der Waals surface area (Å²) in [5, 5.41) is 18.4. The smallest absolute Gasteiger partial charge is 0.166 e. The first-order chi connectivity index (χ1) is 8.79. The van der Waals surface area contributed by atoms with E-state index < -0.39 is 6.23 Å². The number of aliphatic hydroxyl groups excluding tert-OH is 1. The lowest BCUT2D eigenvalue weighted by atomic mass is 10.1. The monoisotopic (exact) mass is 245 g/mol. The molecule has 0 fully saturated rings. The molecule has 18 heavy (non-hydrogen) atoms. The average molecular weight is 245 g/mol. The van der Waals surface area contributed by atoms with Gasteiger partial charge in [0.15, 0.2) is 5.82 Å². The Balaban J connectivity index is 2.09. The molecule has 0 aliphatic carbocycles. The highest BCUT2D eigenvalue weighted by Crippen LogP contribution is 2.29. The first-order valence-corrected chi connectivity index (χ1v) is 6.06. The number of rotatable bonds is 2. The van der Waals surface area contributed by atoms with Crippen molar-refractivity contribution in [2.75, 3.05) is 7.11 Å². The summed E-state index contributed by atoms with van der Waals surface area (Å²) in [7, 11) is 1.63. The number of fused-ring (bicyclic) bond motifs is 1. The van der Waals surface area contributed by atoms with E-state index in [1.54, 1.807) is 7.11 Å². The Kier molecular flexibility index (Phi) is 2.76. The van der Waals surface area contributed by atoms with Crippen LogP contribution in [0.1, 0.15) is 24.9 Å². The van der Waals surface area contributed by atoms with Gasteiger partial charge >= 0.3 is 0 Å². The van der Waals surface area contributed by atoms with E-state index in [-0.39, 0.29) is 0 Å². The Hall–Kier alpha value is -1.88. The second-order valence-corrected chi connectivity index (χ2v) is 4.41. The highest BCUT2D eigenvalue weighted by molar-refractivity contribution is 5.58. The minimum Gasteiger partial charge on any atom is -0.497 e. The van der Waals surface area contributed by atoms with Gasteiger partial charge in [0.05, 0.1) is 7.11 Å². The summed E-state index contributed by atoms with van der Waals surface area (Å²) in [5.41, 5.74) is 0.911. The van der Waals surface area contributed by atoms with Gasteiger partial charge in [0, 0.05) is 12.0 Å². The van der Waals surface area contributed by atoms with Crippen LogP contribution in [0.25, 0.3) is 11.4 Å².